The third-order valence-electron chi connectivity index (χ3n) is 2.94. The molecule has 1 aromatic heterocycles. The van der Waals surface area contributed by atoms with E-state index in [-0.39, 0.29) is 6.17 Å². The van der Waals surface area contributed by atoms with Crippen molar-refractivity contribution in [3.8, 4) is 0 Å². The van der Waals surface area contributed by atoms with E-state index in [9.17, 15) is 0 Å². The van der Waals surface area contributed by atoms with Crippen LogP contribution in [-0.4, -0.2) is 17.0 Å². The van der Waals surface area contributed by atoms with E-state index >= 15 is 0 Å². The summed E-state index contributed by atoms with van der Waals surface area (Å²) in [5, 5.41) is 0. The Morgan fingerprint density at radius 3 is 2.61 bits per heavy atom. The summed E-state index contributed by atoms with van der Waals surface area (Å²) in [5.74, 6) is 0. The van der Waals surface area contributed by atoms with Gasteiger partial charge in [0.2, 0.25) is 0 Å². The summed E-state index contributed by atoms with van der Waals surface area (Å²) in [5.41, 5.74) is 3.68. The summed E-state index contributed by atoms with van der Waals surface area (Å²) in [7, 11) is 2.01. The van der Waals surface area contributed by atoms with Crippen molar-refractivity contribution in [3.63, 3.8) is 0 Å². The van der Waals surface area contributed by atoms with Crippen molar-refractivity contribution >= 4 is 22.4 Å². The number of hydrogen-bond acceptors (Lipinski definition) is 3. The molecule has 0 bridgehead atoms. The fourth-order valence-electron chi connectivity index (χ4n) is 1.92. The first-order valence-electron chi connectivity index (χ1n) is 6.26. The lowest BCUT2D eigenvalue weighted by molar-refractivity contribution is 1.20. The number of benzene rings is 2. The number of fused-ring (bicyclic) bond motifs is 1. The van der Waals surface area contributed by atoms with Crippen molar-refractivity contribution in [2.45, 2.75) is 0 Å². The van der Waals surface area contributed by atoms with Gasteiger partial charge >= 0.3 is 0 Å². The van der Waals surface area contributed by atoms with Crippen LogP contribution in [0.3, 0.4) is 0 Å². The molecule has 3 nitrogen and oxygen atoms in total. The maximum atomic E-state index is 7.53. The molecule has 2 aromatic carbocycles. The molecular weight excluding hydrogens is 222 g/mol. The van der Waals surface area contributed by atoms with Gasteiger partial charge in [0.15, 0.2) is 0 Å². The van der Waals surface area contributed by atoms with Crippen LogP contribution in [0, 0.1) is 0 Å². The third kappa shape index (κ3) is 1.91. The number of rotatable bonds is 2. The summed E-state index contributed by atoms with van der Waals surface area (Å²) in [6, 6.07) is 16.0. The van der Waals surface area contributed by atoms with E-state index in [2.05, 4.69) is 27.0 Å². The Kier molecular flexibility index (Phi) is 2.37. The molecule has 0 atom stereocenters. The van der Waals surface area contributed by atoms with E-state index < -0.39 is 0 Å². The number of nitrogens with zero attached hydrogens (tertiary/aromatic N) is 3. The van der Waals surface area contributed by atoms with Crippen molar-refractivity contribution in [2.75, 3.05) is 11.9 Å². The molecular formula is C15H13N3. The molecule has 0 aliphatic carbocycles. The van der Waals surface area contributed by atoms with Gasteiger partial charge in [-0.1, -0.05) is 18.2 Å². The molecule has 0 spiro atoms. The van der Waals surface area contributed by atoms with Crippen molar-refractivity contribution in [3.05, 3.63) is 60.9 Å². The summed E-state index contributed by atoms with van der Waals surface area (Å²) in [6.07, 6.45) is 1.65. The molecule has 0 aliphatic rings. The minimum absolute atomic E-state index is 0.187. The first-order valence-corrected chi connectivity index (χ1v) is 5.76. The molecule has 0 N–H and O–H groups in total. The minimum atomic E-state index is 0.187. The lowest BCUT2D eigenvalue weighted by atomic mass is 10.2. The predicted molar refractivity (Wildman–Crippen MR) is 74.0 cm³/mol. The molecule has 1 heterocycles. The lowest BCUT2D eigenvalue weighted by Crippen LogP contribution is -2.09. The lowest BCUT2D eigenvalue weighted by Gasteiger charge is -2.19. The molecule has 0 radical (unpaired) electrons. The van der Waals surface area contributed by atoms with Gasteiger partial charge in [-0.3, -0.25) is 9.97 Å². The molecule has 3 rings (SSSR count). The standard InChI is InChI=1S/C15H13N3/c1-18(12-5-3-2-4-6-12)13-7-8-14-15(11-13)17-10-9-16-14/h2-11H,1H3/i10D. The highest BCUT2D eigenvalue weighted by molar-refractivity contribution is 5.80. The summed E-state index contributed by atoms with van der Waals surface area (Å²) >= 11 is 0. The maximum absolute atomic E-state index is 7.53. The van der Waals surface area contributed by atoms with Gasteiger partial charge in [0.1, 0.15) is 0 Å². The zero-order chi connectivity index (χ0) is 13.2. The van der Waals surface area contributed by atoms with Gasteiger partial charge in [-0.25, -0.2) is 0 Å². The zero-order valence-corrected chi connectivity index (χ0v) is 10.0. The quantitative estimate of drug-likeness (QED) is 0.683. The van der Waals surface area contributed by atoms with Crippen LogP contribution in [0.1, 0.15) is 1.37 Å². The summed E-state index contributed by atoms with van der Waals surface area (Å²) in [4.78, 5) is 10.5. The Labute approximate surface area is 107 Å². The van der Waals surface area contributed by atoms with Gasteiger partial charge < -0.3 is 4.90 Å². The number of aromatic nitrogens is 2. The van der Waals surface area contributed by atoms with Crippen LogP contribution in [0.2, 0.25) is 0 Å². The second-order valence-electron chi connectivity index (χ2n) is 4.07. The average Bonchev–Trinajstić information content (AvgIpc) is 2.46. The van der Waals surface area contributed by atoms with E-state index in [0.717, 1.165) is 22.4 Å². The van der Waals surface area contributed by atoms with Crippen molar-refractivity contribution in [1.29, 1.82) is 0 Å². The number of para-hydroxylation sites is 1. The van der Waals surface area contributed by atoms with Crippen LogP contribution in [0.25, 0.3) is 11.0 Å². The molecule has 0 aliphatic heterocycles. The largest absolute Gasteiger partial charge is 0.345 e. The van der Waals surface area contributed by atoms with Crippen LogP contribution in [0.15, 0.2) is 60.9 Å². The maximum Gasteiger partial charge on any atom is 0.0907 e. The predicted octanol–water partition coefficient (Wildman–Crippen LogP) is 3.40. The SMILES string of the molecule is [2H]c1cnc2ccc(N(C)c3ccccc3)cc2n1. The van der Waals surface area contributed by atoms with Crippen molar-refractivity contribution in [1.82, 2.24) is 9.97 Å². The Balaban J connectivity index is 2.05. The Morgan fingerprint density at radius 1 is 0.944 bits per heavy atom. The average molecular weight is 236 g/mol. The van der Waals surface area contributed by atoms with E-state index in [0.29, 0.717) is 0 Å². The van der Waals surface area contributed by atoms with Crippen molar-refractivity contribution < 1.29 is 1.37 Å². The fraction of sp³-hybridized carbons (Fsp3) is 0.0667. The number of anilines is 2. The molecule has 0 fully saturated rings. The second kappa shape index (κ2) is 4.45. The highest BCUT2D eigenvalue weighted by atomic mass is 15.1. The molecule has 0 amide bonds. The van der Waals surface area contributed by atoms with Crippen molar-refractivity contribution in [2.24, 2.45) is 0 Å². The molecule has 3 aromatic rings. The molecule has 88 valence electrons. The van der Waals surface area contributed by atoms with Gasteiger partial charge in [0.25, 0.3) is 0 Å². The van der Waals surface area contributed by atoms with Gasteiger partial charge in [-0.2, -0.15) is 0 Å². The summed E-state index contributed by atoms with van der Waals surface area (Å²) < 4.78 is 7.53. The van der Waals surface area contributed by atoms with Crippen LogP contribution >= 0.6 is 0 Å². The third-order valence-corrected chi connectivity index (χ3v) is 2.94. The first-order chi connectivity index (χ1) is 9.24. The molecule has 3 heteroatoms. The molecule has 18 heavy (non-hydrogen) atoms. The topological polar surface area (TPSA) is 29.0 Å². The fourth-order valence-corrected chi connectivity index (χ4v) is 1.92. The normalized spacial score (nSPS) is 11.3. The first kappa shape index (κ1) is 9.59. The van der Waals surface area contributed by atoms with Crippen LogP contribution < -0.4 is 4.90 Å². The van der Waals surface area contributed by atoms with E-state index in [4.69, 9.17) is 1.37 Å². The van der Waals surface area contributed by atoms with Gasteiger partial charge in [-0.05, 0) is 30.3 Å². The molecule has 0 saturated heterocycles. The van der Waals surface area contributed by atoms with E-state index in [1.165, 1.54) is 6.20 Å². The Morgan fingerprint density at radius 2 is 1.78 bits per heavy atom. The second-order valence-corrected chi connectivity index (χ2v) is 4.07. The van der Waals surface area contributed by atoms with Crippen LogP contribution in [-0.2, 0) is 0 Å². The van der Waals surface area contributed by atoms with E-state index in [1.54, 1.807) is 0 Å². The van der Waals surface area contributed by atoms with Crippen LogP contribution in [0.4, 0.5) is 11.4 Å². The van der Waals surface area contributed by atoms with E-state index in [1.807, 2.05) is 43.4 Å². The Bertz CT molecular complexity index is 713. The Hall–Kier alpha value is -2.42. The monoisotopic (exact) mass is 236 g/mol. The van der Waals surface area contributed by atoms with Gasteiger partial charge in [0.05, 0.1) is 12.4 Å². The minimum Gasteiger partial charge on any atom is -0.345 e. The number of hydrogen-bond donors (Lipinski definition) is 0. The molecule has 0 unspecified atom stereocenters. The van der Waals surface area contributed by atoms with Gasteiger partial charge in [-0.15, -0.1) is 0 Å². The zero-order valence-electron chi connectivity index (χ0n) is 11.0. The van der Waals surface area contributed by atoms with Gasteiger partial charge in [0, 0.05) is 30.8 Å². The highest BCUT2D eigenvalue weighted by Gasteiger charge is 2.04. The van der Waals surface area contributed by atoms with Crippen LogP contribution in [0.5, 0.6) is 0 Å². The smallest absolute Gasteiger partial charge is 0.0907 e. The highest BCUT2D eigenvalue weighted by Crippen LogP contribution is 2.25. The summed E-state index contributed by atoms with van der Waals surface area (Å²) in [6.45, 7) is 0. The molecule has 0 saturated carbocycles.